The maximum Gasteiger partial charge on any atom is 0.188 e. The number of phenolic OH excluding ortho intramolecular Hbond substituents is 1. The quantitative estimate of drug-likeness (QED) is 0.322. The third kappa shape index (κ3) is 3.30. The lowest BCUT2D eigenvalue weighted by Crippen LogP contribution is -2.04. The Labute approximate surface area is 133 Å². The van der Waals surface area contributed by atoms with E-state index in [0.29, 0.717) is 10.3 Å². The predicted octanol–water partition coefficient (Wildman–Crippen LogP) is 3.21. The molecule has 0 aliphatic carbocycles. The first-order chi connectivity index (χ1) is 10.1. The second kappa shape index (κ2) is 6.74. The van der Waals surface area contributed by atoms with Crippen molar-refractivity contribution >= 4 is 43.5 Å². The number of hydrogen-bond donors (Lipinski definition) is 5. The molecular weight excluding hydrogens is 324 g/mol. The molecule has 124 valence electrons. The molecule has 0 saturated heterocycles. The minimum Gasteiger partial charge on any atom is -0.505 e. The SMILES string of the molecule is CC.CS(C)(O)c1cc(S(=O)O)c(N)c2c(O)c(N)ccc12. The van der Waals surface area contributed by atoms with Crippen molar-refractivity contribution in [2.75, 3.05) is 24.0 Å². The number of nitrogen functional groups attached to an aromatic ring is 2. The number of fused-ring (bicyclic) bond motifs is 1. The Bertz CT molecular complexity index is 727. The number of rotatable bonds is 2. The molecule has 0 spiro atoms. The standard InChI is InChI=1S/C12H16N2O4S2.C2H6/c1-20(2,18)9-5-8(19(16)17)11(14)10-6(9)3-4-7(13)12(10)15;1-2/h3-5,15,18H,13-14H2,1-2H3,(H,16,17);1-2H3. The molecule has 0 radical (unpaired) electrons. The van der Waals surface area contributed by atoms with Crippen molar-refractivity contribution in [3.63, 3.8) is 0 Å². The van der Waals surface area contributed by atoms with Crippen molar-refractivity contribution < 1.29 is 18.4 Å². The molecule has 6 nitrogen and oxygen atoms in total. The van der Waals surface area contributed by atoms with Gasteiger partial charge in [-0.3, -0.25) is 0 Å². The Morgan fingerprint density at radius 1 is 1.18 bits per heavy atom. The monoisotopic (exact) mass is 346 g/mol. The van der Waals surface area contributed by atoms with Gasteiger partial charge in [-0.2, -0.15) is 0 Å². The lowest BCUT2D eigenvalue weighted by atomic mass is 10.1. The first kappa shape index (κ1) is 18.6. The fraction of sp³-hybridized carbons (Fsp3) is 0.286. The van der Waals surface area contributed by atoms with E-state index in [1.54, 1.807) is 18.6 Å². The third-order valence-electron chi connectivity index (χ3n) is 3.00. The van der Waals surface area contributed by atoms with Crippen LogP contribution < -0.4 is 11.5 Å². The highest BCUT2D eigenvalue weighted by molar-refractivity contribution is 8.28. The molecule has 0 fully saturated rings. The van der Waals surface area contributed by atoms with Crippen LogP contribution in [0.2, 0.25) is 0 Å². The van der Waals surface area contributed by atoms with Gasteiger partial charge >= 0.3 is 0 Å². The molecule has 0 saturated carbocycles. The molecule has 0 aliphatic heterocycles. The van der Waals surface area contributed by atoms with E-state index in [1.165, 1.54) is 12.1 Å². The number of phenols is 1. The van der Waals surface area contributed by atoms with Crippen molar-refractivity contribution in [1.82, 2.24) is 0 Å². The first-order valence-electron chi connectivity index (χ1n) is 6.55. The molecule has 7 N–H and O–H groups in total. The van der Waals surface area contributed by atoms with Crippen LogP contribution in [0.15, 0.2) is 28.0 Å². The third-order valence-corrected chi connectivity index (χ3v) is 5.13. The number of nitrogens with two attached hydrogens (primary N) is 2. The predicted molar refractivity (Wildman–Crippen MR) is 95.2 cm³/mol. The van der Waals surface area contributed by atoms with Crippen LogP contribution in [0.25, 0.3) is 10.8 Å². The normalized spacial score (nSPS) is 13.4. The Morgan fingerprint density at radius 2 is 1.73 bits per heavy atom. The highest BCUT2D eigenvalue weighted by Crippen LogP contribution is 2.52. The second-order valence-electron chi connectivity index (χ2n) is 4.73. The maximum atomic E-state index is 11.4. The van der Waals surface area contributed by atoms with E-state index in [1.807, 2.05) is 13.8 Å². The molecule has 8 heteroatoms. The highest BCUT2D eigenvalue weighted by atomic mass is 32.3. The molecule has 0 aromatic heterocycles. The molecule has 2 rings (SSSR count). The van der Waals surface area contributed by atoms with E-state index < -0.39 is 21.4 Å². The Kier molecular flexibility index (Phi) is 5.69. The fourth-order valence-corrected chi connectivity index (χ4v) is 3.74. The summed E-state index contributed by atoms with van der Waals surface area (Å²) in [4.78, 5) is 0.414. The minimum absolute atomic E-state index is 0.0157. The molecule has 1 atom stereocenters. The van der Waals surface area contributed by atoms with Gasteiger partial charge in [-0.1, -0.05) is 19.9 Å². The summed E-state index contributed by atoms with van der Waals surface area (Å²) in [6.45, 7) is 4.00. The zero-order valence-corrected chi connectivity index (χ0v) is 14.6. The van der Waals surface area contributed by atoms with Crippen LogP contribution in [0.3, 0.4) is 0 Å². The first-order valence-corrected chi connectivity index (χ1v) is 10.1. The van der Waals surface area contributed by atoms with Crippen LogP contribution in [0.4, 0.5) is 11.4 Å². The van der Waals surface area contributed by atoms with Crippen molar-refractivity contribution in [3.05, 3.63) is 18.2 Å². The molecule has 2 aromatic carbocycles. The number of benzene rings is 2. The lowest BCUT2D eigenvalue weighted by Gasteiger charge is -2.27. The summed E-state index contributed by atoms with van der Waals surface area (Å²) >= 11 is -2.33. The summed E-state index contributed by atoms with van der Waals surface area (Å²) < 4.78 is 31.0. The molecule has 0 amide bonds. The van der Waals surface area contributed by atoms with Crippen molar-refractivity contribution in [2.24, 2.45) is 0 Å². The van der Waals surface area contributed by atoms with E-state index in [9.17, 15) is 18.4 Å². The van der Waals surface area contributed by atoms with Crippen LogP contribution in [0.5, 0.6) is 5.75 Å². The van der Waals surface area contributed by atoms with Crippen LogP contribution in [-0.4, -0.2) is 30.9 Å². The van der Waals surface area contributed by atoms with Gasteiger partial charge in [-0.15, -0.1) is 10.3 Å². The molecule has 22 heavy (non-hydrogen) atoms. The zero-order valence-electron chi connectivity index (χ0n) is 13.0. The Morgan fingerprint density at radius 3 is 2.18 bits per heavy atom. The van der Waals surface area contributed by atoms with Crippen LogP contribution >= 0.6 is 10.3 Å². The van der Waals surface area contributed by atoms with Gasteiger partial charge in [0, 0.05) is 10.3 Å². The van der Waals surface area contributed by atoms with E-state index in [0.717, 1.165) is 0 Å². The fourth-order valence-electron chi connectivity index (χ4n) is 2.04. The van der Waals surface area contributed by atoms with Crippen LogP contribution in [0.1, 0.15) is 13.8 Å². The molecule has 0 bridgehead atoms. The number of aromatic hydroxyl groups is 1. The summed E-state index contributed by atoms with van der Waals surface area (Å²) in [6.07, 6.45) is 3.24. The smallest absolute Gasteiger partial charge is 0.188 e. The van der Waals surface area contributed by atoms with Gasteiger partial charge in [-0.05, 0) is 24.6 Å². The van der Waals surface area contributed by atoms with E-state index in [-0.39, 0.29) is 27.4 Å². The molecule has 1 unspecified atom stereocenters. The highest BCUT2D eigenvalue weighted by Gasteiger charge is 2.22. The van der Waals surface area contributed by atoms with Gasteiger partial charge in [0.2, 0.25) is 0 Å². The van der Waals surface area contributed by atoms with Gasteiger partial charge in [0.25, 0.3) is 0 Å². The minimum atomic E-state index is -2.33. The van der Waals surface area contributed by atoms with E-state index >= 15 is 0 Å². The molecule has 0 heterocycles. The lowest BCUT2D eigenvalue weighted by molar-refractivity contribution is 0.484. The van der Waals surface area contributed by atoms with Gasteiger partial charge in [0.15, 0.2) is 11.1 Å². The van der Waals surface area contributed by atoms with Crippen LogP contribution in [-0.2, 0) is 11.1 Å². The molecular formula is C14H22N2O4S2. The summed E-state index contributed by atoms with van der Waals surface area (Å²) in [5.41, 5.74) is 11.6. The average molecular weight is 346 g/mol. The summed E-state index contributed by atoms with van der Waals surface area (Å²) in [6, 6.07) is 4.53. The van der Waals surface area contributed by atoms with Gasteiger partial charge in [0.1, 0.15) is 5.75 Å². The number of hydrogen-bond acceptors (Lipinski definition) is 5. The largest absolute Gasteiger partial charge is 0.505 e. The summed E-state index contributed by atoms with van der Waals surface area (Å²) in [5.74, 6) is -0.253. The second-order valence-corrected chi connectivity index (χ2v) is 8.66. The zero-order chi connectivity index (χ0) is 17.2. The maximum absolute atomic E-state index is 11.4. The van der Waals surface area contributed by atoms with E-state index in [4.69, 9.17) is 11.5 Å². The van der Waals surface area contributed by atoms with Crippen LogP contribution in [0, 0.1) is 0 Å². The van der Waals surface area contributed by atoms with Crippen molar-refractivity contribution in [3.8, 4) is 5.75 Å². The van der Waals surface area contributed by atoms with Crippen molar-refractivity contribution in [1.29, 1.82) is 0 Å². The summed E-state index contributed by atoms with van der Waals surface area (Å²) in [5, 5.41) is 10.8. The van der Waals surface area contributed by atoms with Gasteiger partial charge < -0.3 is 25.7 Å². The number of anilines is 2. The average Bonchev–Trinajstić information content (AvgIpc) is 2.43. The summed E-state index contributed by atoms with van der Waals surface area (Å²) in [7, 11) is -2.18. The van der Waals surface area contributed by atoms with E-state index in [2.05, 4.69) is 0 Å². The van der Waals surface area contributed by atoms with Gasteiger partial charge in [0.05, 0.1) is 21.7 Å². The van der Waals surface area contributed by atoms with Crippen molar-refractivity contribution in [2.45, 2.75) is 23.6 Å². The molecule has 2 aromatic rings. The Hall–Kier alpha value is -1.48. The Balaban J connectivity index is 0.00000116. The van der Waals surface area contributed by atoms with Gasteiger partial charge in [-0.25, -0.2) is 4.21 Å². The molecule has 0 aliphatic rings. The topological polar surface area (TPSA) is 130 Å².